The fourth-order valence-corrected chi connectivity index (χ4v) is 5.94. The van der Waals surface area contributed by atoms with E-state index in [4.69, 9.17) is 17.2 Å². The number of nitrogens with zero attached hydrogens (tertiary/aromatic N) is 3. The number of thioether (sulfide) groups is 1. The van der Waals surface area contributed by atoms with Crippen LogP contribution in [0.5, 0.6) is 0 Å². The average molecular weight is 505 g/mol. The molecule has 2 aliphatic rings. The van der Waals surface area contributed by atoms with Gasteiger partial charge in [-0.05, 0) is 49.5 Å². The van der Waals surface area contributed by atoms with Gasteiger partial charge in [-0.25, -0.2) is 4.98 Å². The Morgan fingerprint density at radius 2 is 1.89 bits per heavy atom. The van der Waals surface area contributed by atoms with Gasteiger partial charge in [0.1, 0.15) is 15.8 Å². The smallest absolute Gasteiger partial charge is 0.267 e. The molecule has 1 aliphatic carbocycles. The van der Waals surface area contributed by atoms with Crippen LogP contribution in [-0.2, 0) is 11.2 Å². The highest BCUT2D eigenvalue weighted by Crippen LogP contribution is 2.33. The van der Waals surface area contributed by atoms with Crippen molar-refractivity contribution in [3.8, 4) is 0 Å². The van der Waals surface area contributed by atoms with Crippen LogP contribution >= 0.6 is 24.0 Å². The number of carbonyl (C=O) groups excluding carboxylic acids is 1. The van der Waals surface area contributed by atoms with Crippen molar-refractivity contribution < 1.29 is 4.79 Å². The predicted octanol–water partition coefficient (Wildman–Crippen LogP) is 5.19. The van der Waals surface area contributed by atoms with Crippen molar-refractivity contribution >= 4 is 51.7 Å². The number of aromatic nitrogens is 2. The number of pyridine rings is 1. The quantitative estimate of drug-likeness (QED) is 0.368. The molecule has 1 saturated heterocycles. The van der Waals surface area contributed by atoms with Crippen molar-refractivity contribution in [2.75, 3.05) is 11.9 Å². The summed E-state index contributed by atoms with van der Waals surface area (Å²) < 4.78 is 2.08. The van der Waals surface area contributed by atoms with Crippen LogP contribution in [-0.4, -0.2) is 37.1 Å². The first-order chi connectivity index (χ1) is 17.0. The first-order valence-electron chi connectivity index (χ1n) is 12.1. The van der Waals surface area contributed by atoms with Crippen LogP contribution < -0.4 is 10.9 Å². The van der Waals surface area contributed by atoms with Gasteiger partial charge in [-0.2, -0.15) is 0 Å². The first-order valence-corrected chi connectivity index (χ1v) is 13.3. The van der Waals surface area contributed by atoms with Crippen LogP contribution in [0.1, 0.15) is 48.8 Å². The topological polar surface area (TPSA) is 66.7 Å². The summed E-state index contributed by atoms with van der Waals surface area (Å²) in [6.45, 7) is 2.45. The van der Waals surface area contributed by atoms with Gasteiger partial charge in [0.05, 0.1) is 10.5 Å². The largest absolute Gasteiger partial charge is 0.367 e. The number of hydrogen-bond donors (Lipinski definition) is 1. The van der Waals surface area contributed by atoms with E-state index in [1.54, 1.807) is 21.6 Å². The van der Waals surface area contributed by atoms with E-state index in [2.05, 4.69) is 5.32 Å². The summed E-state index contributed by atoms with van der Waals surface area (Å²) in [6.07, 6.45) is 9.86. The lowest BCUT2D eigenvalue weighted by Crippen LogP contribution is -2.30. The highest BCUT2D eigenvalue weighted by molar-refractivity contribution is 8.26. The molecule has 2 aromatic heterocycles. The molecule has 5 rings (SSSR count). The third kappa shape index (κ3) is 5.18. The summed E-state index contributed by atoms with van der Waals surface area (Å²) in [4.78, 5) is 33.7. The molecule has 3 aromatic rings. The van der Waals surface area contributed by atoms with Gasteiger partial charge in [0.2, 0.25) is 0 Å². The molecule has 0 bridgehead atoms. The van der Waals surface area contributed by atoms with Gasteiger partial charge in [-0.3, -0.25) is 18.9 Å². The number of aryl methyl sites for hydroxylation is 1. The number of carbonyl (C=O) groups is 1. The molecule has 180 valence electrons. The summed E-state index contributed by atoms with van der Waals surface area (Å²) in [6, 6.07) is 14.1. The molecule has 0 unspecified atom stereocenters. The second-order valence-electron chi connectivity index (χ2n) is 9.16. The van der Waals surface area contributed by atoms with Gasteiger partial charge in [0, 0.05) is 18.8 Å². The van der Waals surface area contributed by atoms with E-state index in [1.165, 1.54) is 31.0 Å². The Morgan fingerprint density at radius 1 is 1.11 bits per heavy atom. The monoisotopic (exact) mass is 504 g/mol. The van der Waals surface area contributed by atoms with E-state index < -0.39 is 0 Å². The molecule has 2 fully saturated rings. The Balaban J connectivity index is 1.48. The van der Waals surface area contributed by atoms with Gasteiger partial charge in [-0.1, -0.05) is 79.6 Å². The molecule has 6 nitrogen and oxygen atoms in total. The van der Waals surface area contributed by atoms with Crippen molar-refractivity contribution in [3.05, 3.63) is 80.6 Å². The summed E-state index contributed by atoms with van der Waals surface area (Å²) in [5.74, 6) is 0.383. The molecule has 0 atom stereocenters. The lowest BCUT2D eigenvalue weighted by molar-refractivity contribution is -0.122. The highest BCUT2D eigenvalue weighted by Gasteiger charge is 2.32. The Hall–Kier alpha value is -2.97. The molecule has 1 amide bonds. The molecule has 0 spiro atoms. The number of fused-ring (bicyclic) bond motifs is 1. The van der Waals surface area contributed by atoms with E-state index in [0.717, 1.165) is 24.0 Å². The van der Waals surface area contributed by atoms with Crippen LogP contribution in [0.4, 0.5) is 5.82 Å². The molecule has 8 heteroatoms. The minimum atomic E-state index is -0.188. The number of thiocarbonyl (C=S) groups is 1. The average Bonchev–Trinajstić information content (AvgIpc) is 3.14. The zero-order valence-electron chi connectivity index (χ0n) is 19.7. The first kappa shape index (κ1) is 23.8. The highest BCUT2D eigenvalue weighted by atomic mass is 32.2. The van der Waals surface area contributed by atoms with Gasteiger partial charge >= 0.3 is 0 Å². The Morgan fingerprint density at radius 3 is 2.66 bits per heavy atom. The second-order valence-corrected chi connectivity index (χ2v) is 10.8. The molecular formula is C27H28N4O2S2. The molecule has 1 N–H and O–H groups in total. The van der Waals surface area contributed by atoms with Crippen molar-refractivity contribution in [1.29, 1.82) is 0 Å². The standard InChI is InChI=1S/C27H28N4O2S2/c1-18-12-13-23-29-24(28-20-10-6-3-7-11-20)21(25(32)31(23)17-18)16-22-26(33)30(27(34)35-22)15-14-19-8-4-2-5-9-19/h2,4-5,8-9,12-13,16-17,20,28H,3,6-7,10-11,14-15H2,1H3. The minimum absolute atomic E-state index is 0.159. The van der Waals surface area contributed by atoms with Crippen LogP contribution in [0.3, 0.4) is 0 Å². The predicted molar refractivity (Wildman–Crippen MR) is 147 cm³/mol. The molecule has 1 aliphatic heterocycles. The van der Waals surface area contributed by atoms with Crippen molar-refractivity contribution in [1.82, 2.24) is 14.3 Å². The molecule has 35 heavy (non-hydrogen) atoms. The van der Waals surface area contributed by atoms with Crippen LogP contribution in [0.15, 0.2) is 58.4 Å². The van der Waals surface area contributed by atoms with Gasteiger partial charge in [-0.15, -0.1) is 0 Å². The molecule has 1 aromatic carbocycles. The maximum atomic E-state index is 13.6. The molecule has 3 heterocycles. The summed E-state index contributed by atoms with van der Waals surface area (Å²) in [5, 5.41) is 3.52. The van der Waals surface area contributed by atoms with Gasteiger partial charge in [0.15, 0.2) is 0 Å². The van der Waals surface area contributed by atoms with E-state index in [1.807, 2.05) is 49.4 Å². The Kier molecular flexibility index (Phi) is 7.02. The minimum Gasteiger partial charge on any atom is -0.367 e. The summed E-state index contributed by atoms with van der Waals surface area (Å²) in [5.41, 5.74) is 2.92. The van der Waals surface area contributed by atoms with E-state index >= 15 is 0 Å². The molecule has 1 saturated carbocycles. The maximum Gasteiger partial charge on any atom is 0.267 e. The third-order valence-corrected chi connectivity index (χ3v) is 7.95. The van der Waals surface area contributed by atoms with Crippen molar-refractivity contribution in [3.63, 3.8) is 0 Å². The van der Waals surface area contributed by atoms with Gasteiger partial charge < -0.3 is 5.32 Å². The lowest BCUT2D eigenvalue weighted by atomic mass is 9.95. The van der Waals surface area contributed by atoms with Crippen LogP contribution in [0, 0.1) is 6.92 Å². The zero-order valence-corrected chi connectivity index (χ0v) is 21.3. The number of benzene rings is 1. The van der Waals surface area contributed by atoms with Crippen LogP contribution in [0.2, 0.25) is 0 Å². The Labute approximate surface area is 214 Å². The number of nitrogens with one attached hydrogen (secondary N) is 1. The normalized spacial score (nSPS) is 18.1. The summed E-state index contributed by atoms with van der Waals surface area (Å²) >= 11 is 6.78. The third-order valence-electron chi connectivity index (χ3n) is 6.57. The SMILES string of the molecule is Cc1ccc2nc(NC3CCCCC3)c(C=C3SC(=S)N(CCc4ccccc4)C3=O)c(=O)n2c1. The number of hydrogen-bond acceptors (Lipinski definition) is 6. The number of rotatable bonds is 6. The number of anilines is 1. The molecular weight excluding hydrogens is 476 g/mol. The fourth-order valence-electron chi connectivity index (χ4n) is 4.65. The molecule has 0 radical (unpaired) electrons. The van der Waals surface area contributed by atoms with Crippen molar-refractivity contribution in [2.24, 2.45) is 0 Å². The maximum absolute atomic E-state index is 13.6. The Bertz CT molecular complexity index is 1360. The fraction of sp³-hybridized carbons (Fsp3) is 0.333. The zero-order chi connectivity index (χ0) is 24.4. The number of amides is 1. The van der Waals surface area contributed by atoms with Gasteiger partial charge in [0.25, 0.3) is 11.5 Å². The second kappa shape index (κ2) is 10.3. The lowest BCUT2D eigenvalue weighted by Gasteiger charge is -2.24. The van der Waals surface area contributed by atoms with Crippen LogP contribution in [0.25, 0.3) is 11.7 Å². The van der Waals surface area contributed by atoms with E-state index in [0.29, 0.717) is 39.2 Å². The van der Waals surface area contributed by atoms with E-state index in [9.17, 15) is 9.59 Å². The van der Waals surface area contributed by atoms with E-state index in [-0.39, 0.29) is 17.5 Å². The van der Waals surface area contributed by atoms with Crippen molar-refractivity contribution in [2.45, 2.75) is 51.5 Å². The summed E-state index contributed by atoms with van der Waals surface area (Å²) in [7, 11) is 0.